The van der Waals surface area contributed by atoms with Crippen LogP contribution in [0.4, 0.5) is 0 Å². The fraction of sp³-hybridized carbons (Fsp3) is 0.316. The van der Waals surface area contributed by atoms with E-state index in [4.69, 9.17) is 0 Å². The molecule has 0 saturated heterocycles. The molecule has 1 fully saturated rings. The number of nitrogens with zero attached hydrogens (tertiary/aromatic N) is 3. The number of fused-ring (bicyclic) bond motifs is 1. The maximum Gasteiger partial charge on any atom is 0.258 e. The normalized spacial score (nSPS) is 22.2. The van der Waals surface area contributed by atoms with E-state index in [2.05, 4.69) is 10.4 Å². The molecule has 3 atom stereocenters. The molecule has 2 aromatic heterocycles. The molecule has 2 N–H and O–H groups in total. The Kier molecular flexibility index (Phi) is 4.08. The third kappa shape index (κ3) is 2.90. The number of aromatic nitrogens is 3. The first-order chi connectivity index (χ1) is 12.5. The van der Waals surface area contributed by atoms with Gasteiger partial charge in [0.2, 0.25) is 5.91 Å². The SMILES string of the molecule is Cc1cnn([C@H]2[C@H](O)C[C@@H]2NC(=O)Cn2ccc3ccccc3c2=O)c1. The van der Waals surface area contributed by atoms with Gasteiger partial charge >= 0.3 is 0 Å². The van der Waals surface area contributed by atoms with Gasteiger partial charge in [0.1, 0.15) is 6.54 Å². The van der Waals surface area contributed by atoms with Crippen molar-refractivity contribution in [2.45, 2.75) is 38.1 Å². The average Bonchev–Trinajstić information content (AvgIpc) is 3.02. The number of aryl methyl sites for hydroxylation is 1. The Morgan fingerprint density at radius 1 is 1.35 bits per heavy atom. The summed E-state index contributed by atoms with van der Waals surface area (Å²) in [6, 6.07) is 8.65. The van der Waals surface area contributed by atoms with E-state index >= 15 is 0 Å². The number of hydrogen-bond acceptors (Lipinski definition) is 4. The molecule has 7 heteroatoms. The van der Waals surface area contributed by atoms with Gasteiger partial charge in [-0.25, -0.2) is 0 Å². The van der Waals surface area contributed by atoms with Gasteiger partial charge in [-0.05, 0) is 36.4 Å². The van der Waals surface area contributed by atoms with Crippen molar-refractivity contribution in [2.75, 3.05) is 0 Å². The monoisotopic (exact) mass is 352 g/mol. The first-order valence-electron chi connectivity index (χ1n) is 8.59. The molecule has 0 unspecified atom stereocenters. The first-order valence-corrected chi connectivity index (χ1v) is 8.59. The van der Waals surface area contributed by atoms with E-state index in [0.717, 1.165) is 10.9 Å². The van der Waals surface area contributed by atoms with Crippen molar-refractivity contribution in [2.24, 2.45) is 0 Å². The standard InChI is InChI=1S/C19H20N4O3/c1-12-9-20-23(10-12)18-15(8-16(18)24)21-17(25)11-22-7-6-13-4-2-3-5-14(13)19(22)26/h2-7,9-10,15-16,18,24H,8,11H2,1H3,(H,21,25)/t15-,16+,18+/m0/s1. The quantitative estimate of drug-likeness (QED) is 0.733. The van der Waals surface area contributed by atoms with Crippen molar-refractivity contribution in [1.82, 2.24) is 19.7 Å². The first kappa shape index (κ1) is 16.5. The summed E-state index contributed by atoms with van der Waals surface area (Å²) in [5.74, 6) is -0.256. The number of carbonyl (C=O) groups is 1. The van der Waals surface area contributed by atoms with Crippen LogP contribution in [0.5, 0.6) is 0 Å². The Labute approximate surface area is 149 Å². The Hall–Kier alpha value is -2.93. The number of carbonyl (C=O) groups excluding carboxylic acids is 1. The van der Waals surface area contributed by atoms with Gasteiger partial charge in [0.25, 0.3) is 5.56 Å². The molecule has 3 aromatic rings. The zero-order valence-electron chi connectivity index (χ0n) is 14.4. The molecular weight excluding hydrogens is 332 g/mol. The van der Waals surface area contributed by atoms with Crippen molar-refractivity contribution in [3.05, 3.63) is 64.8 Å². The molecule has 1 aliphatic carbocycles. The highest BCUT2D eigenvalue weighted by atomic mass is 16.3. The molecule has 1 saturated carbocycles. The molecule has 7 nitrogen and oxygen atoms in total. The minimum atomic E-state index is -0.539. The van der Waals surface area contributed by atoms with Crippen molar-refractivity contribution in [1.29, 1.82) is 0 Å². The number of nitrogens with one attached hydrogen (secondary N) is 1. The third-order valence-corrected chi connectivity index (χ3v) is 4.88. The zero-order valence-corrected chi connectivity index (χ0v) is 14.4. The lowest BCUT2D eigenvalue weighted by atomic mass is 9.83. The molecular formula is C19H20N4O3. The smallest absolute Gasteiger partial charge is 0.258 e. The lowest BCUT2D eigenvalue weighted by molar-refractivity contribution is -0.125. The van der Waals surface area contributed by atoms with E-state index in [-0.39, 0.29) is 30.1 Å². The van der Waals surface area contributed by atoms with Gasteiger partial charge in [0.05, 0.1) is 24.4 Å². The number of amides is 1. The van der Waals surface area contributed by atoms with Gasteiger partial charge in [-0.3, -0.25) is 14.3 Å². The van der Waals surface area contributed by atoms with E-state index in [1.807, 2.05) is 31.3 Å². The summed E-state index contributed by atoms with van der Waals surface area (Å²) in [5.41, 5.74) is 0.808. The predicted molar refractivity (Wildman–Crippen MR) is 96.8 cm³/mol. The van der Waals surface area contributed by atoms with Crippen LogP contribution in [-0.4, -0.2) is 37.5 Å². The number of aliphatic hydroxyl groups is 1. The van der Waals surface area contributed by atoms with Crippen molar-refractivity contribution in [3.63, 3.8) is 0 Å². The van der Waals surface area contributed by atoms with Crippen LogP contribution in [0.1, 0.15) is 18.0 Å². The maximum atomic E-state index is 12.5. The Balaban J connectivity index is 1.48. The number of aliphatic hydroxyl groups excluding tert-OH is 1. The largest absolute Gasteiger partial charge is 0.391 e. The van der Waals surface area contributed by atoms with Crippen LogP contribution in [0.2, 0.25) is 0 Å². The van der Waals surface area contributed by atoms with Crippen LogP contribution in [0, 0.1) is 6.92 Å². The second kappa shape index (κ2) is 6.42. The van der Waals surface area contributed by atoms with E-state index in [1.165, 1.54) is 4.57 Å². The van der Waals surface area contributed by atoms with Crippen LogP contribution in [0.25, 0.3) is 10.8 Å². The van der Waals surface area contributed by atoms with Gasteiger partial charge < -0.3 is 15.0 Å². The van der Waals surface area contributed by atoms with Crippen molar-refractivity contribution < 1.29 is 9.90 Å². The highest BCUT2D eigenvalue weighted by Gasteiger charge is 2.42. The van der Waals surface area contributed by atoms with E-state index < -0.39 is 6.10 Å². The van der Waals surface area contributed by atoms with Gasteiger partial charge in [-0.1, -0.05) is 18.2 Å². The summed E-state index contributed by atoms with van der Waals surface area (Å²) in [6.07, 6.45) is 5.14. The molecule has 0 radical (unpaired) electrons. The molecule has 4 rings (SSSR count). The van der Waals surface area contributed by atoms with Crippen molar-refractivity contribution in [3.8, 4) is 0 Å². The maximum absolute atomic E-state index is 12.5. The topological polar surface area (TPSA) is 89.2 Å². The molecule has 0 bridgehead atoms. The van der Waals surface area contributed by atoms with E-state index in [9.17, 15) is 14.7 Å². The van der Waals surface area contributed by atoms with Crippen LogP contribution < -0.4 is 10.9 Å². The third-order valence-electron chi connectivity index (χ3n) is 4.88. The van der Waals surface area contributed by atoms with Gasteiger partial charge in [0.15, 0.2) is 0 Å². The Morgan fingerprint density at radius 2 is 2.15 bits per heavy atom. The highest BCUT2D eigenvalue weighted by molar-refractivity contribution is 5.82. The molecule has 0 spiro atoms. The highest BCUT2D eigenvalue weighted by Crippen LogP contribution is 2.32. The summed E-state index contributed by atoms with van der Waals surface area (Å²) in [4.78, 5) is 24.9. The molecule has 1 aliphatic rings. The molecule has 134 valence electrons. The average molecular weight is 352 g/mol. The molecule has 1 aromatic carbocycles. The lowest BCUT2D eigenvalue weighted by Crippen LogP contribution is -2.56. The molecule has 0 aliphatic heterocycles. The van der Waals surface area contributed by atoms with E-state index in [1.54, 1.807) is 29.2 Å². The Bertz CT molecular complexity index is 1020. The lowest BCUT2D eigenvalue weighted by Gasteiger charge is -2.41. The number of hydrogen-bond donors (Lipinski definition) is 2. The fourth-order valence-electron chi connectivity index (χ4n) is 3.47. The fourth-order valence-corrected chi connectivity index (χ4v) is 3.47. The minimum absolute atomic E-state index is 0.0544. The summed E-state index contributed by atoms with van der Waals surface area (Å²) in [6.45, 7) is 1.87. The second-order valence-corrected chi connectivity index (χ2v) is 6.80. The summed E-state index contributed by atoms with van der Waals surface area (Å²) < 4.78 is 3.09. The molecule has 1 amide bonds. The molecule has 2 heterocycles. The van der Waals surface area contributed by atoms with Crippen LogP contribution >= 0.6 is 0 Å². The number of pyridine rings is 1. The van der Waals surface area contributed by atoms with Crippen LogP contribution in [0.3, 0.4) is 0 Å². The minimum Gasteiger partial charge on any atom is -0.391 e. The Morgan fingerprint density at radius 3 is 2.88 bits per heavy atom. The summed E-state index contributed by atoms with van der Waals surface area (Å²) in [5, 5.41) is 18.6. The van der Waals surface area contributed by atoms with Crippen LogP contribution in [-0.2, 0) is 11.3 Å². The summed E-state index contributed by atoms with van der Waals surface area (Å²) >= 11 is 0. The molecule has 26 heavy (non-hydrogen) atoms. The van der Waals surface area contributed by atoms with Gasteiger partial charge in [-0.15, -0.1) is 0 Å². The van der Waals surface area contributed by atoms with Gasteiger partial charge in [0, 0.05) is 17.8 Å². The predicted octanol–water partition coefficient (Wildman–Crippen LogP) is 0.997. The van der Waals surface area contributed by atoms with Gasteiger partial charge in [-0.2, -0.15) is 5.10 Å². The van der Waals surface area contributed by atoms with E-state index in [0.29, 0.717) is 11.8 Å². The van der Waals surface area contributed by atoms with Crippen molar-refractivity contribution >= 4 is 16.7 Å². The number of rotatable bonds is 4. The zero-order chi connectivity index (χ0) is 18.3. The second-order valence-electron chi connectivity index (χ2n) is 6.80. The summed E-state index contributed by atoms with van der Waals surface area (Å²) in [7, 11) is 0. The number of benzene rings is 1. The van der Waals surface area contributed by atoms with Crippen LogP contribution in [0.15, 0.2) is 53.7 Å².